The Labute approximate surface area is 116 Å². The van der Waals surface area contributed by atoms with Gasteiger partial charge in [0.15, 0.2) is 0 Å². The molecule has 0 saturated heterocycles. The molecule has 0 aromatic heterocycles. The summed E-state index contributed by atoms with van der Waals surface area (Å²) in [6, 6.07) is 0. The van der Waals surface area contributed by atoms with Crippen LogP contribution in [-0.4, -0.2) is 17.0 Å². The van der Waals surface area contributed by atoms with Gasteiger partial charge in [0.05, 0.1) is 11.9 Å². The van der Waals surface area contributed by atoms with Crippen molar-refractivity contribution in [2.24, 2.45) is 0 Å². The fraction of sp³-hybridized carbons (Fsp3) is 0.800. The fourth-order valence-electron chi connectivity index (χ4n) is 2.59. The summed E-state index contributed by atoms with van der Waals surface area (Å²) in [6.45, 7) is 6.25. The lowest BCUT2D eigenvalue weighted by Gasteiger charge is -2.25. The van der Waals surface area contributed by atoms with Crippen LogP contribution in [0.4, 0.5) is 0 Å². The Morgan fingerprint density at radius 3 is 2.39 bits per heavy atom. The van der Waals surface area contributed by atoms with Gasteiger partial charge in [-0.3, -0.25) is 4.79 Å². The molecule has 0 amide bonds. The quantitative estimate of drug-likeness (QED) is 0.599. The van der Waals surface area contributed by atoms with Gasteiger partial charge in [0.2, 0.25) is 5.12 Å². The Bertz CT molecular complexity index is 322. The Morgan fingerprint density at radius 2 is 1.78 bits per heavy atom. The molecule has 3 heteroatoms. The van der Waals surface area contributed by atoms with E-state index in [9.17, 15) is 4.79 Å². The zero-order valence-electron chi connectivity index (χ0n) is 12.2. The smallest absolute Gasteiger partial charge is 0.219 e. The first-order valence-electron chi connectivity index (χ1n) is 7.04. The maximum absolute atomic E-state index is 11.8. The highest BCUT2D eigenvalue weighted by atomic mass is 32.2. The molecule has 0 aromatic carbocycles. The highest BCUT2D eigenvalue weighted by Crippen LogP contribution is 2.46. The van der Waals surface area contributed by atoms with Crippen molar-refractivity contribution in [3.05, 3.63) is 11.3 Å². The molecular weight excluding hydrogens is 244 g/mol. The van der Waals surface area contributed by atoms with Crippen LogP contribution in [0.25, 0.3) is 0 Å². The Morgan fingerprint density at radius 1 is 1.17 bits per heavy atom. The summed E-state index contributed by atoms with van der Waals surface area (Å²) >= 11 is 1.44. The van der Waals surface area contributed by atoms with Gasteiger partial charge >= 0.3 is 0 Å². The van der Waals surface area contributed by atoms with E-state index in [4.69, 9.17) is 4.74 Å². The Kier molecular flexibility index (Phi) is 6.27. The maximum atomic E-state index is 11.8. The van der Waals surface area contributed by atoms with Crippen LogP contribution < -0.4 is 0 Å². The third-order valence-corrected chi connectivity index (χ3v) is 4.99. The van der Waals surface area contributed by atoms with E-state index < -0.39 is 0 Å². The van der Waals surface area contributed by atoms with Crippen LogP contribution in [0, 0.1) is 0 Å². The van der Waals surface area contributed by atoms with Gasteiger partial charge in [0, 0.05) is 5.57 Å². The molecule has 0 radical (unpaired) electrons. The molecule has 1 aliphatic rings. The number of unbranched alkanes of at least 4 members (excludes halogenated alkanes) is 5. The molecule has 2 nitrogen and oxygen atoms in total. The van der Waals surface area contributed by atoms with Crippen molar-refractivity contribution in [3.8, 4) is 0 Å². The Hall–Kier alpha value is -0.440. The first kappa shape index (κ1) is 15.6. The topological polar surface area (TPSA) is 26.3 Å². The summed E-state index contributed by atoms with van der Waals surface area (Å²) in [6.07, 6.45) is 8.76. The van der Waals surface area contributed by atoms with E-state index in [0.29, 0.717) is 0 Å². The number of carbonyl (C=O) groups is 1. The molecular formula is C15H26O2S. The Balaban J connectivity index is 2.39. The summed E-state index contributed by atoms with van der Waals surface area (Å²) in [7, 11) is 1.68. The lowest BCUT2D eigenvalue weighted by atomic mass is 9.97. The third kappa shape index (κ3) is 3.78. The second kappa shape index (κ2) is 7.22. The molecule has 1 rings (SSSR count). The monoisotopic (exact) mass is 270 g/mol. The van der Waals surface area contributed by atoms with E-state index in [1.54, 1.807) is 7.11 Å². The van der Waals surface area contributed by atoms with Crippen molar-refractivity contribution in [2.75, 3.05) is 7.11 Å². The van der Waals surface area contributed by atoms with Crippen LogP contribution in [0.1, 0.15) is 65.7 Å². The largest absolute Gasteiger partial charge is 0.499 e. The molecule has 18 heavy (non-hydrogen) atoms. The van der Waals surface area contributed by atoms with Gasteiger partial charge in [0.25, 0.3) is 0 Å². The number of carbonyl (C=O) groups excluding carboxylic acids is 1. The number of thioether (sulfide) groups is 1. The molecule has 0 spiro atoms. The van der Waals surface area contributed by atoms with Crippen molar-refractivity contribution in [1.29, 1.82) is 0 Å². The van der Waals surface area contributed by atoms with Gasteiger partial charge in [-0.05, 0) is 20.3 Å². The molecule has 1 atom stereocenters. The minimum Gasteiger partial charge on any atom is -0.499 e. The second-order valence-corrected chi connectivity index (χ2v) is 6.77. The number of ether oxygens (including phenoxy) is 1. The molecule has 104 valence electrons. The van der Waals surface area contributed by atoms with Gasteiger partial charge in [-0.25, -0.2) is 0 Å². The summed E-state index contributed by atoms with van der Waals surface area (Å²) in [5, 5.41) is 0.181. The molecule has 0 N–H and O–H groups in total. The predicted octanol–water partition coefficient (Wildman–Crippen LogP) is 4.69. The summed E-state index contributed by atoms with van der Waals surface area (Å²) in [5.41, 5.74) is 0.802. The number of hydrogen-bond acceptors (Lipinski definition) is 3. The standard InChI is InChI=1S/C15H26O2S/c1-5-6-7-8-9-10-11-15(3)13(17-4)12(2)14(16)18-15/h5-11H2,1-4H3. The highest BCUT2D eigenvalue weighted by Gasteiger charge is 2.42. The normalized spacial score (nSPS) is 23.9. The van der Waals surface area contributed by atoms with Crippen LogP contribution in [0.3, 0.4) is 0 Å². The van der Waals surface area contributed by atoms with Crippen LogP contribution >= 0.6 is 11.8 Å². The van der Waals surface area contributed by atoms with Gasteiger partial charge in [-0.2, -0.15) is 0 Å². The van der Waals surface area contributed by atoms with E-state index in [1.165, 1.54) is 50.3 Å². The van der Waals surface area contributed by atoms with Gasteiger partial charge in [-0.15, -0.1) is 0 Å². The maximum Gasteiger partial charge on any atom is 0.219 e. The third-order valence-electron chi connectivity index (χ3n) is 3.66. The molecule has 0 aromatic rings. The SMILES string of the molecule is CCCCCCCCC1(C)SC(=O)C(C)=C1OC. The zero-order valence-corrected chi connectivity index (χ0v) is 13.0. The zero-order chi connectivity index (χ0) is 13.6. The highest BCUT2D eigenvalue weighted by molar-refractivity contribution is 8.15. The van der Waals surface area contributed by atoms with Crippen molar-refractivity contribution in [3.63, 3.8) is 0 Å². The number of hydrogen-bond donors (Lipinski definition) is 0. The summed E-state index contributed by atoms with van der Waals surface area (Å²) in [4.78, 5) is 11.8. The minimum absolute atomic E-state index is 0.124. The van der Waals surface area contributed by atoms with Gasteiger partial charge < -0.3 is 4.74 Å². The van der Waals surface area contributed by atoms with Crippen molar-refractivity contribution in [2.45, 2.75) is 70.5 Å². The lowest BCUT2D eigenvalue weighted by Crippen LogP contribution is -2.21. The van der Waals surface area contributed by atoms with Crippen molar-refractivity contribution >= 4 is 16.9 Å². The molecule has 0 saturated carbocycles. The van der Waals surface area contributed by atoms with E-state index >= 15 is 0 Å². The second-order valence-electron chi connectivity index (χ2n) is 5.30. The van der Waals surface area contributed by atoms with E-state index in [2.05, 4.69) is 13.8 Å². The van der Waals surface area contributed by atoms with E-state index in [0.717, 1.165) is 17.8 Å². The molecule has 0 bridgehead atoms. The molecule has 1 unspecified atom stereocenters. The summed E-state index contributed by atoms with van der Waals surface area (Å²) in [5.74, 6) is 0.894. The first-order valence-corrected chi connectivity index (χ1v) is 7.85. The summed E-state index contributed by atoms with van der Waals surface area (Å²) < 4.78 is 5.32. The van der Waals surface area contributed by atoms with Crippen LogP contribution in [0.2, 0.25) is 0 Å². The van der Waals surface area contributed by atoms with Gasteiger partial charge in [-0.1, -0.05) is 57.2 Å². The fourth-order valence-corrected chi connectivity index (χ4v) is 3.82. The minimum atomic E-state index is -0.124. The van der Waals surface area contributed by atoms with Gasteiger partial charge in [0.1, 0.15) is 5.76 Å². The number of methoxy groups -OCH3 is 1. The average Bonchev–Trinajstić information content (AvgIpc) is 2.55. The van der Waals surface area contributed by atoms with Crippen LogP contribution in [0.5, 0.6) is 0 Å². The number of rotatable bonds is 8. The lowest BCUT2D eigenvalue weighted by molar-refractivity contribution is -0.107. The van der Waals surface area contributed by atoms with Crippen LogP contribution in [0.15, 0.2) is 11.3 Å². The van der Waals surface area contributed by atoms with Crippen molar-refractivity contribution in [1.82, 2.24) is 0 Å². The molecule has 0 fully saturated rings. The predicted molar refractivity (Wildman–Crippen MR) is 78.7 cm³/mol. The van der Waals surface area contributed by atoms with E-state index in [1.807, 2.05) is 6.92 Å². The average molecular weight is 270 g/mol. The van der Waals surface area contributed by atoms with Crippen molar-refractivity contribution < 1.29 is 9.53 Å². The van der Waals surface area contributed by atoms with E-state index in [-0.39, 0.29) is 9.86 Å². The first-order chi connectivity index (χ1) is 8.55. The van der Waals surface area contributed by atoms with Crippen LogP contribution in [-0.2, 0) is 9.53 Å². The molecule has 1 heterocycles. The molecule has 0 aliphatic carbocycles. The molecule has 1 aliphatic heterocycles.